The molecule has 0 bridgehead atoms. The quantitative estimate of drug-likeness (QED) is 0.477. The number of carbonyl (C=O) groups is 2. The predicted octanol–water partition coefficient (Wildman–Crippen LogP) is 1.66. The van der Waals surface area contributed by atoms with Crippen molar-refractivity contribution in [3.8, 4) is 0 Å². The Bertz CT molecular complexity index is 725. The Labute approximate surface area is 131 Å². The highest BCUT2D eigenvalue weighted by Gasteiger charge is 2.14. The third kappa shape index (κ3) is 4.16. The lowest BCUT2D eigenvalue weighted by atomic mass is 10.1. The lowest BCUT2D eigenvalue weighted by Gasteiger charge is -2.07. The molecule has 2 amide bonds. The van der Waals surface area contributed by atoms with Gasteiger partial charge in [0.25, 0.3) is 17.5 Å². The fourth-order valence-electron chi connectivity index (χ4n) is 1.90. The molecule has 0 atom stereocenters. The number of aryl methyl sites for hydroxylation is 1. The molecule has 2 N–H and O–H groups in total. The van der Waals surface area contributed by atoms with E-state index in [9.17, 15) is 19.7 Å². The van der Waals surface area contributed by atoms with Crippen LogP contribution < -0.4 is 10.6 Å². The number of nitro groups is 1. The van der Waals surface area contributed by atoms with E-state index in [1.807, 2.05) is 0 Å². The third-order valence-electron chi connectivity index (χ3n) is 3.11. The minimum absolute atomic E-state index is 0.108. The molecule has 0 radical (unpaired) electrons. The van der Waals surface area contributed by atoms with Gasteiger partial charge < -0.3 is 15.1 Å². The second kappa shape index (κ2) is 7.21. The first-order valence-corrected chi connectivity index (χ1v) is 6.84. The van der Waals surface area contributed by atoms with Gasteiger partial charge in [-0.1, -0.05) is 6.07 Å². The van der Waals surface area contributed by atoms with Crippen molar-refractivity contribution in [2.75, 3.05) is 13.1 Å². The Morgan fingerprint density at radius 1 is 1.17 bits per heavy atom. The second-order valence-electron chi connectivity index (χ2n) is 4.75. The Morgan fingerprint density at radius 2 is 1.87 bits per heavy atom. The molecule has 0 aliphatic rings. The topological polar surface area (TPSA) is 114 Å². The van der Waals surface area contributed by atoms with Gasteiger partial charge in [-0.25, -0.2) is 0 Å². The molecule has 0 spiro atoms. The molecule has 23 heavy (non-hydrogen) atoms. The summed E-state index contributed by atoms with van der Waals surface area (Å²) in [6.45, 7) is 2.00. The van der Waals surface area contributed by atoms with E-state index in [-0.39, 0.29) is 36.0 Å². The summed E-state index contributed by atoms with van der Waals surface area (Å²) in [6, 6.07) is 7.39. The van der Waals surface area contributed by atoms with E-state index in [0.717, 1.165) is 0 Å². The molecule has 0 aliphatic heterocycles. The van der Waals surface area contributed by atoms with Crippen LogP contribution in [0.1, 0.15) is 26.5 Å². The molecule has 0 unspecified atom stereocenters. The fourth-order valence-corrected chi connectivity index (χ4v) is 1.90. The third-order valence-corrected chi connectivity index (χ3v) is 3.11. The first-order valence-electron chi connectivity index (χ1n) is 6.84. The van der Waals surface area contributed by atoms with Gasteiger partial charge in [0.15, 0.2) is 5.76 Å². The van der Waals surface area contributed by atoms with Crippen LogP contribution in [0, 0.1) is 17.0 Å². The Hall–Kier alpha value is -3.16. The highest BCUT2D eigenvalue weighted by molar-refractivity contribution is 5.95. The average Bonchev–Trinajstić information content (AvgIpc) is 3.05. The monoisotopic (exact) mass is 317 g/mol. The van der Waals surface area contributed by atoms with Crippen LogP contribution >= 0.6 is 0 Å². The average molecular weight is 317 g/mol. The van der Waals surface area contributed by atoms with Gasteiger partial charge in [-0.3, -0.25) is 19.7 Å². The second-order valence-corrected chi connectivity index (χ2v) is 4.75. The van der Waals surface area contributed by atoms with Crippen molar-refractivity contribution < 1.29 is 18.9 Å². The van der Waals surface area contributed by atoms with Crippen molar-refractivity contribution in [2.24, 2.45) is 0 Å². The maximum Gasteiger partial charge on any atom is 0.287 e. The lowest BCUT2D eigenvalue weighted by Crippen LogP contribution is -2.34. The van der Waals surface area contributed by atoms with E-state index in [1.165, 1.54) is 30.5 Å². The molecule has 8 nitrogen and oxygen atoms in total. The minimum atomic E-state index is -0.532. The summed E-state index contributed by atoms with van der Waals surface area (Å²) in [5, 5.41) is 16.0. The molecule has 2 aromatic rings. The number of benzene rings is 1. The minimum Gasteiger partial charge on any atom is -0.459 e. The maximum absolute atomic E-state index is 11.9. The predicted molar refractivity (Wildman–Crippen MR) is 81.2 cm³/mol. The zero-order chi connectivity index (χ0) is 16.8. The molecule has 1 heterocycles. The number of hydrogen-bond acceptors (Lipinski definition) is 5. The van der Waals surface area contributed by atoms with E-state index in [2.05, 4.69) is 10.6 Å². The van der Waals surface area contributed by atoms with Gasteiger partial charge in [-0.2, -0.15) is 0 Å². The molecule has 0 fully saturated rings. The summed E-state index contributed by atoms with van der Waals surface area (Å²) in [5.41, 5.74) is 0.570. The van der Waals surface area contributed by atoms with E-state index < -0.39 is 10.8 Å². The standard InChI is InChI=1S/C15H15N3O5/c1-10-4-5-11(9-12(10)18(21)22)14(19)16-6-7-17-15(20)13-3-2-8-23-13/h2-5,8-9H,6-7H2,1H3,(H,16,19)(H,17,20). The number of furan rings is 1. The Kier molecular flexibility index (Phi) is 5.08. The van der Waals surface area contributed by atoms with Crippen LogP contribution in [0.2, 0.25) is 0 Å². The first kappa shape index (κ1) is 16.2. The van der Waals surface area contributed by atoms with Gasteiger partial charge in [-0.05, 0) is 25.1 Å². The van der Waals surface area contributed by atoms with Gasteiger partial charge in [-0.15, -0.1) is 0 Å². The highest BCUT2D eigenvalue weighted by Crippen LogP contribution is 2.19. The molecule has 0 saturated carbocycles. The van der Waals surface area contributed by atoms with Gasteiger partial charge >= 0.3 is 0 Å². The van der Waals surface area contributed by atoms with E-state index in [4.69, 9.17) is 4.42 Å². The maximum atomic E-state index is 11.9. The van der Waals surface area contributed by atoms with Crippen molar-refractivity contribution >= 4 is 17.5 Å². The summed E-state index contributed by atoms with van der Waals surface area (Å²) in [6.07, 6.45) is 1.39. The number of nitrogens with one attached hydrogen (secondary N) is 2. The molecular weight excluding hydrogens is 302 g/mol. The fraction of sp³-hybridized carbons (Fsp3) is 0.200. The van der Waals surface area contributed by atoms with Crippen molar-refractivity contribution in [3.63, 3.8) is 0 Å². The molecule has 1 aromatic carbocycles. The van der Waals surface area contributed by atoms with Gasteiger partial charge in [0, 0.05) is 30.3 Å². The van der Waals surface area contributed by atoms with Crippen LogP contribution in [0.4, 0.5) is 5.69 Å². The van der Waals surface area contributed by atoms with Crippen molar-refractivity contribution in [2.45, 2.75) is 6.92 Å². The summed E-state index contributed by atoms with van der Waals surface area (Å²) < 4.78 is 4.93. The number of amides is 2. The normalized spacial score (nSPS) is 10.1. The number of rotatable bonds is 6. The zero-order valence-electron chi connectivity index (χ0n) is 12.4. The van der Waals surface area contributed by atoms with Crippen molar-refractivity contribution in [1.82, 2.24) is 10.6 Å². The first-order chi connectivity index (χ1) is 11.0. The van der Waals surface area contributed by atoms with Gasteiger partial charge in [0.1, 0.15) is 0 Å². The van der Waals surface area contributed by atoms with E-state index >= 15 is 0 Å². The Morgan fingerprint density at radius 3 is 2.48 bits per heavy atom. The molecule has 8 heteroatoms. The summed E-state index contributed by atoms with van der Waals surface area (Å²) in [7, 11) is 0. The molecule has 0 aliphatic carbocycles. The number of hydrogen-bond donors (Lipinski definition) is 2. The number of nitrogens with zero attached hydrogens (tertiary/aromatic N) is 1. The number of carbonyl (C=O) groups excluding carboxylic acids is 2. The van der Waals surface area contributed by atoms with Gasteiger partial charge in [0.05, 0.1) is 11.2 Å². The summed E-state index contributed by atoms with van der Waals surface area (Å²) >= 11 is 0. The van der Waals surface area contributed by atoms with Crippen LogP contribution in [0.25, 0.3) is 0 Å². The molecule has 2 rings (SSSR count). The van der Waals surface area contributed by atoms with Crippen LogP contribution in [0.15, 0.2) is 41.0 Å². The van der Waals surface area contributed by atoms with E-state index in [0.29, 0.717) is 5.56 Å². The smallest absolute Gasteiger partial charge is 0.287 e. The molecular formula is C15H15N3O5. The summed E-state index contributed by atoms with van der Waals surface area (Å²) in [5.74, 6) is -0.638. The van der Waals surface area contributed by atoms with Crippen LogP contribution in [0.5, 0.6) is 0 Å². The number of nitro benzene ring substituents is 1. The molecule has 1 aromatic heterocycles. The van der Waals surface area contributed by atoms with Crippen LogP contribution in [0.3, 0.4) is 0 Å². The summed E-state index contributed by atoms with van der Waals surface area (Å²) in [4.78, 5) is 33.9. The zero-order valence-corrected chi connectivity index (χ0v) is 12.4. The highest BCUT2D eigenvalue weighted by atomic mass is 16.6. The largest absolute Gasteiger partial charge is 0.459 e. The van der Waals surface area contributed by atoms with E-state index in [1.54, 1.807) is 13.0 Å². The van der Waals surface area contributed by atoms with Gasteiger partial charge in [0.2, 0.25) is 0 Å². The van der Waals surface area contributed by atoms with Crippen LogP contribution in [-0.2, 0) is 0 Å². The SMILES string of the molecule is Cc1ccc(C(=O)NCCNC(=O)c2ccco2)cc1[N+](=O)[O-]. The van der Waals surface area contributed by atoms with Crippen molar-refractivity contribution in [1.29, 1.82) is 0 Å². The Balaban J connectivity index is 1.84. The lowest BCUT2D eigenvalue weighted by molar-refractivity contribution is -0.385. The van der Waals surface area contributed by atoms with Crippen molar-refractivity contribution in [3.05, 3.63) is 63.6 Å². The van der Waals surface area contributed by atoms with Crippen LogP contribution in [-0.4, -0.2) is 29.8 Å². The molecule has 0 saturated heterocycles. The molecule has 120 valence electrons.